The average Bonchev–Trinajstić information content (AvgIpc) is 4.04. The van der Waals surface area contributed by atoms with Gasteiger partial charge in [-0.2, -0.15) is 0 Å². The van der Waals surface area contributed by atoms with E-state index < -0.39 is 85.7 Å². The summed E-state index contributed by atoms with van der Waals surface area (Å²) in [5.74, 6) is -5.69. The van der Waals surface area contributed by atoms with Gasteiger partial charge >= 0.3 is 6.09 Å². The van der Waals surface area contributed by atoms with E-state index in [2.05, 4.69) is 20.3 Å². The molecule has 2 aromatic rings. The number of nitrogens with one attached hydrogen (secondary N) is 3. The quantitative estimate of drug-likeness (QED) is 0.294. The minimum Gasteiger partial charge on any atom is -0.493 e. The fourth-order valence-electron chi connectivity index (χ4n) is 8.38. The number of allylic oxidation sites excluding steroid dienone is 1. The number of benzene rings is 1. The van der Waals surface area contributed by atoms with E-state index >= 15 is 0 Å². The smallest absolute Gasteiger partial charge is 0.408 e. The van der Waals surface area contributed by atoms with E-state index in [1.807, 2.05) is 37.3 Å². The Labute approximate surface area is 343 Å². The van der Waals surface area contributed by atoms with Crippen LogP contribution >= 0.6 is 0 Å². The molecule has 2 saturated carbocycles. The first-order valence-electron chi connectivity index (χ1n) is 20.6. The van der Waals surface area contributed by atoms with Crippen LogP contribution in [0.25, 0.3) is 10.8 Å². The van der Waals surface area contributed by atoms with Crippen molar-refractivity contribution in [2.45, 2.75) is 139 Å². The predicted molar refractivity (Wildman–Crippen MR) is 213 cm³/mol. The molecule has 0 bridgehead atoms. The highest BCUT2D eigenvalue weighted by Crippen LogP contribution is 2.48. The molecule has 1 saturated heterocycles. The van der Waals surface area contributed by atoms with Crippen molar-refractivity contribution in [3.63, 3.8) is 0 Å². The maximum absolute atomic E-state index is 14.9. The second kappa shape index (κ2) is 15.5. The standard InChI is InChI=1S/C42H55F2N5O9S/c1-24-10-7-8-12-27-22-42(27,37(52)48-59(54,55)40(5)16-17-40)47-34(50)31-21-28(57-35-30-14-13-26-11-9-19-56-33(26)29(30)15-18-45-35)23-49(31)36(51)32(25(2)20-24)46-38(53)58-39(3,4)41(6,43)44/h8,12-15,18,24-25,27-28,31-32H,7,9-11,16-17,19-23H2,1-6H3,(H,46,53)(H,47,50)(H,48,52)/b12-8-/t24-,25-,27-,28-,31+,32+,42-/m1/s1. The van der Waals surface area contributed by atoms with Crippen molar-refractivity contribution >= 4 is 44.6 Å². The molecule has 59 heavy (non-hydrogen) atoms. The van der Waals surface area contributed by atoms with Gasteiger partial charge < -0.3 is 29.7 Å². The number of carbonyl (C=O) groups excluding carboxylic acids is 4. The first-order valence-corrected chi connectivity index (χ1v) is 22.1. The van der Waals surface area contributed by atoms with Gasteiger partial charge in [-0.25, -0.2) is 27.0 Å². The van der Waals surface area contributed by atoms with Crippen LogP contribution in [0.4, 0.5) is 13.6 Å². The number of sulfonamides is 1. The third kappa shape index (κ3) is 8.45. The van der Waals surface area contributed by atoms with Crippen molar-refractivity contribution in [1.29, 1.82) is 0 Å². The molecule has 3 fully saturated rings. The molecular weight excluding hydrogens is 789 g/mol. The Morgan fingerprint density at radius 1 is 1.08 bits per heavy atom. The maximum Gasteiger partial charge on any atom is 0.408 e. The minimum absolute atomic E-state index is 0.0263. The Hall–Kier alpha value is -4.54. The van der Waals surface area contributed by atoms with E-state index in [0.29, 0.717) is 51.0 Å². The van der Waals surface area contributed by atoms with E-state index in [4.69, 9.17) is 14.2 Å². The molecule has 4 amide bonds. The van der Waals surface area contributed by atoms with Crippen molar-refractivity contribution in [3.8, 4) is 11.6 Å². The van der Waals surface area contributed by atoms with Crippen LogP contribution in [0.5, 0.6) is 11.6 Å². The number of nitrogens with zero attached hydrogens (tertiary/aromatic N) is 2. The van der Waals surface area contributed by atoms with Crippen molar-refractivity contribution in [2.24, 2.45) is 17.8 Å². The van der Waals surface area contributed by atoms with Gasteiger partial charge in [0.25, 0.3) is 11.8 Å². The van der Waals surface area contributed by atoms with Crippen LogP contribution in [0.1, 0.15) is 98.5 Å². The van der Waals surface area contributed by atoms with Gasteiger partial charge in [-0.05, 0) is 102 Å². The van der Waals surface area contributed by atoms with Gasteiger partial charge in [0.1, 0.15) is 29.5 Å². The molecule has 2 aliphatic carbocycles. The lowest BCUT2D eigenvalue weighted by Gasteiger charge is -2.35. The molecule has 0 radical (unpaired) electrons. The molecule has 0 spiro atoms. The predicted octanol–water partition coefficient (Wildman–Crippen LogP) is 5.32. The Morgan fingerprint density at radius 3 is 2.54 bits per heavy atom. The zero-order valence-corrected chi connectivity index (χ0v) is 35.3. The highest BCUT2D eigenvalue weighted by molar-refractivity contribution is 7.91. The number of amides is 4. The second-order valence-corrected chi connectivity index (χ2v) is 20.3. The van der Waals surface area contributed by atoms with Gasteiger partial charge in [-0.1, -0.05) is 32.1 Å². The maximum atomic E-state index is 14.9. The summed E-state index contributed by atoms with van der Waals surface area (Å²) in [7, 11) is -4.05. The number of pyridine rings is 1. The summed E-state index contributed by atoms with van der Waals surface area (Å²) in [6.45, 7) is 8.53. The van der Waals surface area contributed by atoms with Crippen molar-refractivity contribution in [3.05, 3.63) is 42.1 Å². The number of aryl methyl sites for hydroxylation is 1. The molecule has 5 aliphatic rings. The van der Waals surface area contributed by atoms with E-state index in [9.17, 15) is 36.4 Å². The summed E-state index contributed by atoms with van der Waals surface area (Å²) in [4.78, 5) is 62.6. The lowest BCUT2D eigenvalue weighted by atomic mass is 9.88. The Balaban J connectivity index is 1.23. The molecule has 4 heterocycles. The van der Waals surface area contributed by atoms with Crippen molar-refractivity contribution in [1.82, 2.24) is 25.2 Å². The lowest BCUT2D eigenvalue weighted by molar-refractivity contribution is -0.152. The molecule has 7 atom stereocenters. The highest BCUT2D eigenvalue weighted by atomic mass is 32.2. The summed E-state index contributed by atoms with van der Waals surface area (Å²) < 4.78 is 74.2. The van der Waals surface area contributed by atoms with Crippen LogP contribution in [-0.4, -0.2) is 95.3 Å². The normalized spacial score (nSPS) is 30.2. The second-order valence-electron chi connectivity index (χ2n) is 18.1. The van der Waals surface area contributed by atoms with Gasteiger partial charge in [0, 0.05) is 36.2 Å². The van der Waals surface area contributed by atoms with Gasteiger partial charge in [-0.3, -0.25) is 19.1 Å². The fraction of sp³-hybridized carbons (Fsp3) is 0.643. The van der Waals surface area contributed by atoms with E-state index in [1.54, 1.807) is 20.0 Å². The number of halogens is 2. The SMILES string of the molecule is C[C@@H]1CC/C=C\[C@@H]2C[C@@]2(C(=O)NS(=O)(=O)C2(C)CC2)NC(=O)[C@@H]2C[C@@H](Oc3nccc4c5c(ccc34)CCCO5)CN2C(=O)[C@@H](NC(=O)OC(C)(C)C(C)(F)F)[C@H](C)C1. The van der Waals surface area contributed by atoms with Gasteiger partial charge in [-0.15, -0.1) is 0 Å². The Morgan fingerprint density at radius 2 is 1.83 bits per heavy atom. The summed E-state index contributed by atoms with van der Waals surface area (Å²) in [6.07, 6.45) is 7.63. The molecule has 17 heteroatoms. The molecule has 1 aromatic heterocycles. The lowest BCUT2D eigenvalue weighted by Crippen LogP contribution is -2.59. The van der Waals surface area contributed by atoms with Crippen LogP contribution in [0.2, 0.25) is 0 Å². The molecule has 3 N–H and O–H groups in total. The number of hydrogen-bond donors (Lipinski definition) is 3. The van der Waals surface area contributed by atoms with Crippen LogP contribution in [0.15, 0.2) is 36.5 Å². The van der Waals surface area contributed by atoms with E-state index in [-0.39, 0.29) is 31.2 Å². The Kier molecular flexibility index (Phi) is 11.2. The molecule has 1 aromatic carbocycles. The average molecular weight is 844 g/mol. The zero-order chi connectivity index (χ0) is 42.7. The number of carbonyl (C=O) groups is 4. The van der Waals surface area contributed by atoms with Crippen LogP contribution in [0, 0.1) is 17.8 Å². The van der Waals surface area contributed by atoms with Crippen LogP contribution in [-0.2, 0) is 35.6 Å². The topological polar surface area (TPSA) is 182 Å². The largest absolute Gasteiger partial charge is 0.493 e. The van der Waals surface area contributed by atoms with Gasteiger partial charge in [0.05, 0.1) is 17.9 Å². The zero-order valence-electron chi connectivity index (χ0n) is 34.4. The van der Waals surface area contributed by atoms with E-state index in [0.717, 1.165) is 43.4 Å². The number of hydrogen-bond acceptors (Lipinski definition) is 10. The summed E-state index contributed by atoms with van der Waals surface area (Å²) >= 11 is 0. The monoisotopic (exact) mass is 843 g/mol. The summed E-state index contributed by atoms with van der Waals surface area (Å²) in [5.41, 5.74) is -2.76. The molecule has 3 aliphatic heterocycles. The number of ether oxygens (including phenoxy) is 3. The number of fused-ring (bicyclic) bond motifs is 5. The van der Waals surface area contributed by atoms with Crippen molar-refractivity contribution < 1.29 is 50.6 Å². The first-order chi connectivity index (χ1) is 27.6. The van der Waals surface area contributed by atoms with Gasteiger partial charge in [0.15, 0.2) is 5.60 Å². The minimum atomic E-state index is -4.05. The Bertz CT molecular complexity index is 2160. The van der Waals surface area contributed by atoms with Gasteiger partial charge in [0.2, 0.25) is 27.7 Å². The number of alkyl halides is 2. The summed E-state index contributed by atoms with van der Waals surface area (Å²) in [6, 6.07) is 3.13. The number of aromatic nitrogens is 1. The molecule has 322 valence electrons. The number of alkyl carbamates (subject to hydrolysis) is 1. The van der Waals surface area contributed by atoms with Crippen LogP contribution < -0.4 is 24.8 Å². The molecule has 14 nitrogen and oxygen atoms in total. The molecule has 7 rings (SSSR count). The molecule has 0 unspecified atom stereocenters. The summed E-state index contributed by atoms with van der Waals surface area (Å²) in [5, 5.41) is 6.89. The van der Waals surface area contributed by atoms with E-state index in [1.165, 1.54) is 4.90 Å². The van der Waals surface area contributed by atoms with Crippen molar-refractivity contribution in [2.75, 3.05) is 13.2 Å². The number of rotatable bonds is 8. The fourth-order valence-corrected chi connectivity index (χ4v) is 9.69. The third-order valence-electron chi connectivity index (χ3n) is 13.0. The van der Waals surface area contributed by atoms with Crippen LogP contribution in [0.3, 0.4) is 0 Å². The molecular formula is C42H55F2N5O9S. The third-order valence-corrected chi connectivity index (χ3v) is 15.1. The highest BCUT2D eigenvalue weighted by Gasteiger charge is 2.63. The first kappa shape index (κ1) is 42.6.